The van der Waals surface area contributed by atoms with Gasteiger partial charge >= 0.3 is 0 Å². The molecule has 3 aromatic rings. The molecule has 6 heteroatoms. The minimum absolute atomic E-state index is 0.206. The Balaban J connectivity index is 2.27. The van der Waals surface area contributed by atoms with E-state index in [-0.39, 0.29) is 5.56 Å². The maximum atomic E-state index is 12.1. The molecule has 1 aromatic carbocycles. The van der Waals surface area contributed by atoms with E-state index in [0.717, 1.165) is 10.2 Å². The average molecular weight is 291 g/mol. The highest BCUT2D eigenvalue weighted by atomic mass is 79.9. The number of aromatic nitrogens is 4. The van der Waals surface area contributed by atoms with Gasteiger partial charge in [-0.2, -0.15) is 14.9 Å². The molecule has 0 spiro atoms. The molecule has 1 N–H and O–H groups in total. The number of nitrogens with one attached hydrogen (secondary N) is 1. The third-order valence-electron chi connectivity index (χ3n) is 2.46. The second-order valence-electron chi connectivity index (χ2n) is 3.54. The summed E-state index contributed by atoms with van der Waals surface area (Å²) in [7, 11) is 0. The first-order valence-electron chi connectivity index (χ1n) is 4.93. The fourth-order valence-corrected chi connectivity index (χ4v) is 1.87. The van der Waals surface area contributed by atoms with E-state index in [4.69, 9.17) is 0 Å². The van der Waals surface area contributed by atoms with E-state index in [0.29, 0.717) is 10.9 Å². The van der Waals surface area contributed by atoms with Crippen LogP contribution in [0.5, 0.6) is 0 Å². The van der Waals surface area contributed by atoms with Crippen LogP contribution in [0.25, 0.3) is 16.6 Å². The maximum absolute atomic E-state index is 12.1. The first-order valence-corrected chi connectivity index (χ1v) is 5.72. The SMILES string of the molecule is O=c1c2[nH]ncc2cnn1-c1ccc(Br)cc1. The zero-order valence-electron chi connectivity index (χ0n) is 8.59. The van der Waals surface area contributed by atoms with Crippen LogP contribution in [-0.4, -0.2) is 20.0 Å². The molecule has 0 aliphatic rings. The largest absolute Gasteiger partial charge is 0.297 e. The van der Waals surface area contributed by atoms with E-state index in [9.17, 15) is 4.79 Å². The van der Waals surface area contributed by atoms with Gasteiger partial charge in [-0.15, -0.1) is 0 Å². The second-order valence-corrected chi connectivity index (χ2v) is 4.45. The molecule has 0 atom stereocenters. The molecular weight excluding hydrogens is 284 g/mol. The van der Waals surface area contributed by atoms with Gasteiger partial charge in [0.05, 0.1) is 18.1 Å². The van der Waals surface area contributed by atoms with Crippen molar-refractivity contribution >= 4 is 26.8 Å². The number of halogens is 1. The highest BCUT2D eigenvalue weighted by Crippen LogP contribution is 2.12. The first-order chi connectivity index (χ1) is 8.25. The van der Waals surface area contributed by atoms with Crippen molar-refractivity contribution in [3.63, 3.8) is 0 Å². The minimum Gasteiger partial charge on any atom is -0.272 e. The number of hydrogen-bond donors (Lipinski definition) is 1. The van der Waals surface area contributed by atoms with E-state index >= 15 is 0 Å². The van der Waals surface area contributed by atoms with Crippen molar-refractivity contribution in [3.05, 3.63) is 51.5 Å². The lowest BCUT2D eigenvalue weighted by atomic mass is 10.3. The van der Waals surface area contributed by atoms with E-state index in [1.165, 1.54) is 4.68 Å². The Morgan fingerprint density at radius 3 is 2.71 bits per heavy atom. The smallest absolute Gasteiger partial charge is 0.272 e. The predicted molar refractivity (Wildman–Crippen MR) is 67.2 cm³/mol. The number of fused-ring (bicyclic) bond motifs is 1. The Bertz CT molecular complexity index is 729. The number of benzene rings is 1. The number of H-pyrrole nitrogens is 1. The first kappa shape index (κ1) is 10.2. The van der Waals surface area contributed by atoms with Crippen LogP contribution in [0.4, 0.5) is 0 Å². The summed E-state index contributed by atoms with van der Waals surface area (Å²) in [5.41, 5.74) is 0.972. The summed E-state index contributed by atoms with van der Waals surface area (Å²) in [4.78, 5) is 12.1. The summed E-state index contributed by atoms with van der Waals surface area (Å²) in [6, 6.07) is 7.36. The molecule has 2 heterocycles. The zero-order chi connectivity index (χ0) is 11.8. The molecule has 0 saturated carbocycles. The van der Waals surface area contributed by atoms with Crippen LogP contribution in [-0.2, 0) is 0 Å². The van der Waals surface area contributed by atoms with Crippen LogP contribution in [0, 0.1) is 0 Å². The van der Waals surface area contributed by atoms with Crippen molar-refractivity contribution in [2.24, 2.45) is 0 Å². The monoisotopic (exact) mass is 290 g/mol. The van der Waals surface area contributed by atoms with Gasteiger partial charge in [0, 0.05) is 9.86 Å². The molecule has 0 saturated heterocycles. The maximum Gasteiger partial charge on any atom is 0.297 e. The number of hydrogen-bond acceptors (Lipinski definition) is 3. The highest BCUT2D eigenvalue weighted by molar-refractivity contribution is 9.10. The van der Waals surface area contributed by atoms with Gasteiger partial charge in [-0.3, -0.25) is 9.89 Å². The summed E-state index contributed by atoms with van der Waals surface area (Å²) < 4.78 is 2.30. The summed E-state index contributed by atoms with van der Waals surface area (Å²) in [6.07, 6.45) is 3.19. The van der Waals surface area contributed by atoms with E-state index in [1.54, 1.807) is 12.4 Å². The molecule has 0 aliphatic heterocycles. The van der Waals surface area contributed by atoms with E-state index in [2.05, 4.69) is 31.2 Å². The quantitative estimate of drug-likeness (QED) is 0.744. The molecular formula is C11H7BrN4O. The Kier molecular flexibility index (Phi) is 2.29. The van der Waals surface area contributed by atoms with Crippen LogP contribution in [0.3, 0.4) is 0 Å². The molecule has 0 amide bonds. The number of aromatic amines is 1. The lowest BCUT2D eigenvalue weighted by Gasteiger charge is -2.03. The van der Waals surface area contributed by atoms with Gasteiger partial charge in [0.15, 0.2) is 0 Å². The predicted octanol–water partition coefficient (Wildman–Crippen LogP) is 1.87. The number of nitrogens with zero attached hydrogens (tertiary/aromatic N) is 3. The van der Waals surface area contributed by atoms with Crippen molar-refractivity contribution < 1.29 is 0 Å². The zero-order valence-corrected chi connectivity index (χ0v) is 10.2. The third-order valence-corrected chi connectivity index (χ3v) is 2.99. The van der Waals surface area contributed by atoms with Crippen LogP contribution in [0.15, 0.2) is 45.9 Å². The highest BCUT2D eigenvalue weighted by Gasteiger charge is 2.06. The normalized spacial score (nSPS) is 10.9. The van der Waals surface area contributed by atoms with Gasteiger partial charge in [0.2, 0.25) is 0 Å². The van der Waals surface area contributed by atoms with E-state index < -0.39 is 0 Å². The van der Waals surface area contributed by atoms with Gasteiger partial charge in [-0.1, -0.05) is 15.9 Å². The standard InChI is InChI=1S/C11H7BrN4O/c12-8-1-3-9(4-2-8)16-11(17)10-7(6-14-16)5-13-15-10/h1-6H,(H,13,15). The van der Waals surface area contributed by atoms with Crippen LogP contribution < -0.4 is 5.56 Å². The Hall–Kier alpha value is -1.95. The Labute approximate surface area is 104 Å². The van der Waals surface area contributed by atoms with Crippen molar-refractivity contribution in [2.45, 2.75) is 0 Å². The molecule has 0 bridgehead atoms. The molecule has 17 heavy (non-hydrogen) atoms. The molecule has 0 fully saturated rings. The lowest BCUT2D eigenvalue weighted by molar-refractivity contribution is 0.818. The average Bonchev–Trinajstić information content (AvgIpc) is 2.80. The summed E-state index contributed by atoms with van der Waals surface area (Å²) in [5.74, 6) is 0. The number of rotatable bonds is 1. The van der Waals surface area contributed by atoms with Crippen LogP contribution in [0.1, 0.15) is 0 Å². The van der Waals surface area contributed by atoms with Gasteiger partial charge in [-0.25, -0.2) is 0 Å². The lowest BCUT2D eigenvalue weighted by Crippen LogP contribution is -2.20. The van der Waals surface area contributed by atoms with Gasteiger partial charge in [0.25, 0.3) is 5.56 Å². The molecule has 84 valence electrons. The second kappa shape index (κ2) is 3.81. The molecule has 0 aliphatic carbocycles. The molecule has 3 rings (SSSR count). The Morgan fingerprint density at radius 2 is 1.94 bits per heavy atom. The fourth-order valence-electron chi connectivity index (χ4n) is 1.61. The third kappa shape index (κ3) is 1.66. The van der Waals surface area contributed by atoms with Gasteiger partial charge in [-0.05, 0) is 24.3 Å². The van der Waals surface area contributed by atoms with Gasteiger partial charge in [0.1, 0.15) is 5.52 Å². The molecule has 5 nitrogen and oxygen atoms in total. The summed E-state index contributed by atoms with van der Waals surface area (Å²) in [5, 5.41) is 11.3. The van der Waals surface area contributed by atoms with Crippen molar-refractivity contribution in [1.29, 1.82) is 0 Å². The van der Waals surface area contributed by atoms with Crippen molar-refractivity contribution in [3.8, 4) is 5.69 Å². The van der Waals surface area contributed by atoms with Crippen LogP contribution >= 0.6 is 15.9 Å². The van der Waals surface area contributed by atoms with Crippen molar-refractivity contribution in [2.75, 3.05) is 0 Å². The van der Waals surface area contributed by atoms with Crippen molar-refractivity contribution in [1.82, 2.24) is 20.0 Å². The minimum atomic E-state index is -0.206. The van der Waals surface area contributed by atoms with Crippen LogP contribution in [0.2, 0.25) is 0 Å². The Morgan fingerprint density at radius 1 is 1.18 bits per heavy atom. The molecule has 0 unspecified atom stereocenters. The fraction of sp³-hybridized carbons (Fsp3) is 0. The summed E-state index contributed by atoms with van der Waals surface area (Å²) in [6.45, 7) is 0. The topological polar surface area (TPSA) is 63.6 Å². The van der Waals surface area contributed by atoms with Gasteiger partial charge < -0.3 is 0 Å². The summed E-state index contributed by atoms with van der Waals surface area (Å²) >= 11 is 3.35. The molecule has 0 radical (unpaired) electrons. The van der Waals surface area contributed by atoms with E-state index in [1.807, 2.05) is 24.3 Å². The molecule has 2 aromatic heterocycles.